The van der Waals surface area contributed by atoms with E-state index in [1.165, 1.54) is 16.7 Å². The molecule has 2 aliphatic carbocycles. The highest BCUT2D eigenvalue weighted by Gasteiger charge is 2.25. The van der Waals surface area contributed by atoms with Gasteiger partial charge in [0.25, 0.3) is 0 Å². The summed E-state index contributed by atoms with van der Waals surface area (Å²) in [5, 5.41) is 9.03. The maximum absolute atomic E-state index is 11.0. The average Bonchev–Trinajstić information content (AvgIpc) is 2.41. The molecule has 0 heterocycles. The van der Waals surface area contributed by atoms with E-state index in [2.05, 4.69) is 18.2 Å². The highest BCUT2D eigenvalue weighted by atomic mass is 16.5. The summed E-state index contributed by atoms with van der Waals surface area (Å²) in [5.74, 6) is 0.162. The number of hydrogen-bond donors (Lipinski definition) is 1. The smallest absolute Gasteiger partial charge is 0.307 e. The van der Waals surface area contributed by atoms with Crippen molar-refractivity contribution in [3.05, 3.63) is 46.5 Å². The van der Waals surface area contributed by atoms with Crippen LogP contribution in [-0.2, 0) is 17.6 Å². The number of carboxylic acids is 1. The van der Waals surface area contributed by atoms with Crippen LogP contribution in [0.4, 0.5) is 0 Å². The number of ether oxygens (including phenoxy) is 1. The molecule has 0 bridgehead atoms. The molecule has 0 fully saturated rings. The Morgan fingerprint density at radius 3 is 2.95 bits per heavy atom. The van der Waals surface area contributed by atoms with Gasteiger partial charge in [-0.1, -0.05) is 23.8 Å². The van der Waals surface area contributed by atoms with Gasteiger partial charge in [-0.25, -0.2) is 0 Å². The summed E-state index contributed by atoms with van der Waals surface area (Å²) in [6.45, 7) is 0. The lowest BCUT2D eigenvalue weighted by molar-refractivity contribution is -0.136. The highest BCUT2D eigenvalue weighted by Crippen LogP contribution is 2.42. The Hall–Kier alpha value is -2.03. The first-order valence-corrected chi connectivity index (χ1v) is 6.50. The third-order valence-corrected chi connectivity index (χ3v) is 3.89. The van der Waals surface area contributed by atoms with E-state index in [1.807, 2.05) is 6.07 Å². The Morgan fingerprint density at radius 1 is 1.37 bits per heavy atom. The van der Waals surface area contributed by atoms with Crippen LogP contribution < -0.4 is 4.74 Å². The van der Waals surface area contributed by atoms with E-state index < -0.39 is 5.97 Å². The van der Waals surface area contributed by atoms with E-state index in [9.17, 15) is 4.79 Å². The van der Waals surface area contributed by atoms with E-state index in [0.717, 1.165) is 36.2 Å². The molecule has 1 aromatic rings. The maximum Gasteiger partial charge on any atom is 0.307 e. The van der Waals surface area contributed by atoms with Crippen molar-refractivity contribution < 1.29 is 14.6 Å². The number of methoxy groups -OCH3 is 1. The molecular formula is C16H16O3. The third-order valence-electron chi connectivity index (χ3n) is 3.89. The molecule has 0 atom stereocenters. The summed E-state index contributed by atoms with van der Waals surface area (Å²) in [5.41, 5.74) is 5.85. The predicted molar refractivity (Wildman–Crippen MR) is 73.3 cm³/mol. The van der Waals surface area contributed by atoms with Crippen LogP contribution in [0.3, 0.4) is 0 Å². The molecule has 0 radical (unpaired) electrons. The van der Waals surface area contributed by atoms with Crippen LogP contribution in [0.25, 0.3) is 5.57 Å². The average molecular weight is 256 g/mol. The summed E-state index contributed by atoms with van der Waals surface area (Å²) in [7, 11) is 1.69. The van der Waals surface area contributed by atoms with Gasteiger partial charge < -0.3 is 9.84 Å². The van der Waals surface area contributed by atoms with Gasteiger partial charge >= 0.3 is 5.97 Å². The summed E-state index contributed by atoms with van der Waals surface area (Å²) in [4.78, 5) is 11.0. The van der Waals surface area contributed by atoms with E-state index in [1.54, 1.807) is 7.11 Å². The maximum atomic E-state index is 11.0. The first-order valence-electron chi connectivity index (χ1n) is 6.50. The Kier molecular flexibility index (Phi) is 2.90. The first-order chi connectivity index (χ1) is 9.20. The van der Waals surface area contributed by atoms with Gasteiger partial charge in [-0.3, -0.25) is 4.79 Å². The van der Waals surface area contributed by atoms with Gasteiger partial charge in [0.05, 0.1) is 13.5 Å². The van der Waals surface area contributed by atoms with Crippen LogP contribution in [0, 0.1) is 0 Å². The van der Waals surface area contributed by atoms with Crippen molar-refractivity contribution in [3.63, 3.8) is 0 Å². The molecule has 0 saturated carbocycles. The van der Waals surface area contributed by atoms with E-state index in [-0.39, 0.29) is 6.42 Å². The largest absolute Gasteiger partial charge is 0.496 e. The molecule has 0 amide bonds. The fourth-order valence-electron chi connectivity index (χ4n) is 3.08. The van der Waals surface area contributed by atoms with Crippen molar-refractivity contribution >= 4 is 11.5 Å². The standard InChI is InChI=1S/C16H16O3/c1-19-14-8-6-10-3-2-4-12-11(9-15(17)18)5-7-13(14)16(10)12/h2,4,6,8H,3,5,7,9H2,1H3,(H,17,18). The Bertz CT molecular complexity index is 609. The van der Waals surface area contributed by atoms with Crippen molar-refractivity contribution in [3.8, 4) is 5.75 Å². The van der Waals surface area contributed by atoms with Crippen LogP contribution in [0.1, 0.15) is 29.5 Å². The van der Waals surface area contributed by atoms with Crippen LogP contribution in [0.2, 0.25) is 0 Å². The zero-order valence-corrected chi connectivity index (χ0v) is 10.9. The minimum absolute atomic E-state index is 0.135. The van der Waals surface area contributed by atoms with E-state index in [0.29, 0.717) is 0 Å². The van der Waals surface area contributed by atoms with Gasteiger partial charge in [0, 0.05) is 5.56 Å². The molecule has 2 aliphatic rings. The fourth-order valence-corrected chi connectivity index (χ4v) is 3.08. The quantitative estimate of drug-likeness (QED) is 0.904. The fraction of sp³-hybridized carbons (Fsp3) is 0.312. The minimum atomic E-state index is -0.755. The second-order valence-corrected chi connectivity index (χ2v) is 4.97. The molecule has 98 valence electrons. The number of carboxylic acid groups (broad SMARTS) is 1. The normalized spacial score (nSPS) is 16.3. The van der Waals surface area contributed by atoms with Crippen molar-refractivity contribution in [2.75, 3.05) is 7.11 Å². The van der Waals surface area contributed by atoms with Gasteiger partial charge in [-0.2, -0.15) is 0 Å². The molecule has 19 heavy (non-hydrogen) atoms. The lowest BCUT2D eigenvalue weighted by Gasteiger charge is -2.27. The zero-order valence-electron chi connectivity index (χ0n) is 10.9. The Balaban J connectivity index is 2.19. The molecule has 3 rings (SSSR count). The molecule has 0 aliphatic heterocycles. The van der Waals surface area contributed by atoms with Gasteiger partial charge in [0.15, 0.2) is 0 Å². The Labute approximate surface area is 112 Å². The molecule has 3 nitrogen and oxygen atoms in total. The van der Waals surface area contributed by atoms with Crippen molar-refractivity contribution in [1.29, 1.82) is 0 Å². The molecule has 1 aromatic carbocycles. The molecule has 1 N–H and O–H groups in total. The van der Waals surface area contributed by atoms with Crippen LogP contribution >= 0.6 is 0 Å². The molecule has 0 spiro atoms. The van der Waals surface area contributed by atoms with Gasteiger partial charge in [-0.05, 0) is 42.0 Å². The highest BCUT2D eigenvalue weighted by molar-refractivity contribution is 5.87. The zero-order chi connectivity index (χ0) is 13.4. The predicted octanol–water partition coefficient (Wildman–Crippen LogP) is 2.98. The van der Waals surface area contributed by atoms with E-state index >= 15 is 0 Å². The van der Waals surface area contributed by atoms with E-state index in [4.69, 9.17) is 9.84 Å². The monoisotopic (exact) mass is 256 g/mol. The summed E-state index contributed by atoms with van der Waals surface area (Å²) >= 11 is 0. The van der Waals surface area contributed by atoms with Crippen LogP contribution in [0.5, 0.6) is 5.75 Å². The lowest BCUT2D eigenvalue weighted by atomic mass is 9.78. The number of rotatable bonds is 3. The minimum Gasteiger partial charge on any atom is -0.496 e. The second-order valence-electron chi connectivity index (χ2n) is 4.97. The number of aliphatic carboxylic acids is 1. The second kappa shape index (κ2) is 4.57. The molecule has 0 unspecified atom stereocenters. The number of carbonyl (C=O) groups is 1. The number of benzene rings is 1. The SMILES string of the molecule is COc1ccc2c3c1CCC(CC(=O)O)=C3C=CC2. The third kappa shape index (κ3) is 1.95. The first kappa shape index (κ1) is 12.0. The number of allylic oxidation sites excluding steroid dienone is 3. The summed E-state index contributed by atoms with van der Waals surface area (Å²) in [6.07, 6.45) is 6.90. The van der Waals surface area contributed by atoms with Crippen molar-refractivity contribution in [2.45, 2.75) is 25.7 Å². The Morgan fingerprint density at radius 2 is 2.21 bits per heavy atom. The van der Waals surface area contributed by atoms with Crippen LogP contribution in [0.15, 0.2) is 29.9 Å². The van der Waals surface area contributed by atoms with Crippen molar-refractivity contribution in [1.82, 2.24) is 0 Å². The number of hydrogen-bond acceptors (Lipinski definition) is 2. The summed E-state index contributed by atoms with van der Waals surface area (Å²) < 4.78 is 5.44. The molecule has 3 heteroatoms. The lowest BCUT2D eigenvalue weighted by Crippen LogP contribution is -2.13. The van der Waals surface area contributed by atoms with Crippen LogP contribution in [-0.4, -0.2) is 18.2 Å². The molecular weight excluding hydrogens is 240 g/mol. The van der Waals surface area contributed by atoms with Crippen molar-refractivity contribution in [2.24, 2.45) is 0 Å². The summed E-state index contributed by atoms with van der Waals surface area (Å²) in [6, 6.07) is 4.11. The van der Waals surface area contributed by atoms with Gasteiger partial charge in [0.2, 0.25) is 0 Å². The van der Waals surface area contributed by atoms with Gasteiger partial charge in [-0.15, -0.1) is 0 Å². The van der Waals surface area contributed by atoms with Gasteiger partial charge in [0.1, 0.15) is 5.75 Å². The molecule has 0 aromatic heterocycles. The molecule has 0 saturated heterocycles. The topological polar surface area (TPSA) is 46.5 Å².